The summed E-state index contributed by atoms with van der Waals surface area (Å²) in [4.78, 5) is 10.6. The highest BCUT2D eigenvalue weighted by Gasteiger charge is 2.10. The fourth-order valence-electron chi connectivity index (χ4n) is 0.942. The molecule has 1 rings (SSSR count). The van der Waals surface area contributed by atoms with Crippen LogP contribution < -0.4 is 4.74 Å². The molecule has 0 radical (unpaired) electrons. The molecule has 0 saturated carbocycles. The quantitative estimate of drug-likeness (QED) is 0.399. The van der Waals surface area contributed by atoms with Crippen LogP contribution >= 0.6 is 0 Å². The number of hydrogen-bond donors (Lipinski definition) is 2. The van der Waals surface area contributed by atoms with Gasteiger partial charge in [-0.2, -0.15) is 0 Å². The van der Waals surface area contributed by atoms with E-state index in [0.29, 0.717) is 0 Å². The molecule has 1 aromatic carbocycles. The second-order valence-corrected chi connectivity index (χ2v) is 2.51. The average molecular weight is 182 g/mol. The van der Waals surface area contributed by atoms with E-state index >= 15 is 0 Å². The molecule has 0 bridgehead atoms. The highest BCUT2D eigenvalue weighted by Crippen LogP contribution is 2.23. The lowest BCUT2D eigenvalue weighted by atomic mass is 10.2. The molecule has 0 aliphatic rings. The summed E-state index contributed by atoms with van der Waals surface area (Å²) >= 11 is 0. The molecule has 2 N–H and O–H groups in total. The molecule has 0 unspecified atom stereocenters. The number of carbonyl (C=O) groups excluding carboxylic acids is 1. The Kier molecular flexibility index (Phi) is 3.00. The summed E-state index contributed by atoms with van der Waals surface area (Å²) in [7, 11) is 0. The van der Waals surface area contributed by atoms with Crippen molar-refractivity contribution in [3.63, 3.8) is 0 Å². The normalized spacial score (nSPS) is 10.2. The Balaban J connectivity index is 2.97. The largest absolute Gasteiger partial charge is 0.426 e. The molecule has 0 spiro atoms. The van der Waals surface area contributed by atoms with Crippen LogP contribution in [-0.4, -0.2) is 16.2 Å². The topological polar surface area (TPSA) is 66.8 Å². The molecule has 0 fully saturated rings. The minimum absolute atomic E-state index is 0.171. The molecule has 13 heavy (non-hydrogen) atoms. The van der Waals surface area contributed by atoms with Gasteiger partial charge in [0.1, 0.15) is 5.75 Å². The summed E-state index contributed by atoms with van der Waals surface area (Å²) in [5.41, 5.74) is 0.178. The predicted molar refractivity (Wildman–Crippen MR) is 44.9 cm³/mol. The molecule has 0 aliphatic heterocycles. The molecule has 0 heterocycles. The van der Waals surface area contributed by atoms with E-state index < -0.39 is 12.3 Å². The van der Waals surface area contributed by atoms with Crippen molar-refractivity contribution in [3.05, 3.63) is 29.8 Å². The first kappa shape index (κ1) is 9.70. The number of para-hydroxylation sites is 1. The molecular weight excluding hydrogens is 172 g/mol. The van der Waals surface area contributed by atoms with Crippen molar-refractivity contribution in [3.8, 4) is 5.75 Å². The maximum absolute atomic E-state index is 10.6. The van der Waals surface area contributed by atoms with Gasteiger partial charge in [-0.3, -0.25) is 4.79 Å². The molecule has 0 aromatic heterocycles. The Hall–Kier alpha value is -1.39. The van der Waals surface area contributed by atoms with Gasteiger partial charge in [0.2, 0.25) is 0 Å². The van der Waals surface area contributed by atoms with Crippen molar-refractivity contribution >= 4 is 5.97 Å². The third-order valence-corrected chi connectivity index (χ3v) is 1.45. The van der Waals surface area contributed by atoms with E-state index in [-0.39, 0.29) is 11.3 Å². The number of benzene rings is 1. The summed E-state index contributed by atoms with van der Waals surface area (Å²) in [5.74, 6) is -0.321. The second kappa shape index (κ2) is 4.02. The fourth-order valence-corrected chi connectivity index (χ4v) is 0.942. The maximum atomic E-state index is 10.6. The Morgan fingerprint density at radius 2 is 2.00 bits per heavy atom. The van der Waals surface area contributed by atoms with Crippen molar-refractivity contribution in [2.24, 2.45) is 0 Å². The number of rotatable bonds is 2. The van der Waals surface area contributed by atoms with Gasteiger partial charge in [-0.15, -0.1) is 0 Å². The molecule has 0 amide bonds. The van der Waals surface area contributed by atoms with E-state index in [1.165, 1.54) is 19.1 Å². The predicted octanol–water partition coefficient (Wildman–Crippen LogP) is 0.595. The Morgan fingerprint density at radius 3 is 2.54 bits per heavy atom. The van der Waals surface area contributed by atoms with E-state index in [1.54, 1.807) is 12.1 Å². The van der Waals surface area contributed by atoms with Gasteiger partial charge in [-0.1, -0.05) is 18.2 Å². The summed E-state index contributed by atoms with van der Waals surface area (Å²) in [6.45, 7) is 1.25. The molecule has 0 saturated heterocycles. The first-order valence-corrected chi connectivity index (χ1v) is 3.74. The Labute approximate surface area is 75.4 Å². The van der Waals surface area contributed by atoms with Crippen LogP contribution in [0.4, 0.5) is 0 Å². The highest BCUT2D eigenvalue weighted by atomic mass is 16.5. The number of esters is 1. The van der Waals surface area contributed by atoms with Crippen LogP contribution in [0.25, 0.3) is 0 Å². The number of hydrogen-bond acceptors (Lipinski definition) is 4. The molecule has 70 valence electrons. The zero-order valence-corrected chi connectivity index (χ0v) is 7.10. The van der Waals surface area contributed by atoms with Crippen molar-refractivity contribution < 1.29 is 19.7 Å². The minimum Gasteiger partial charge on any atom is -0.426 e. The van der Waals surface area contributed by atoms with Gasteiger partial charge < -0.3 is 14.9 Å². The van der Waals surface area contributed by atoms with Gasteiger partial charge in [-0.05, 0) is 6.07 Å². The van der Waals surface area contributed by atoms with Crippen LogP contribution in [0.15, 0.2) is 24.3 Å². The van der Waals surface area contributed by atoms with Crippen molar-refractivity contribution in [2.75, 3.05) is 0 Å². The van der Waals surface area contributed by atoms with E-state index in [1.807, 2.05) is 0 Å². The lowest BCUT2D eigenvalue weighted by Gasteiger charge is -2.09. The lowest BCUT2D eigenvalue weighted by molar-refractivity contribution is -0.132. The van der Waals surface area contributed by atoms with Crippen molar-refractivity contribution in [2.45, 2.75) is 13.2 Å². The van der Waals surface area contributed by atoms with Gasteiger partial charge in [0, 0.05) is 6.92 Å². The summed E-state index contributed by atoms with van der Waals surface area (Å²) in [6, 6.07) is 6.24. The Bertz CT molecular complexity index is 306. The third kappa shape index (κ3) is 2.54. The first-order valence-electron chi connectivity index (χ1n) is 3.74. The van der Waals surface area contributed by atoms with E-state index in [2.05, 4.69) is 0 Å². The first-order chi connectivity index (χ1) is 6.11. The average Bonchev–Trinajstić information content (AvgIpc) is 2.03. The van der Waals surface area contributed by atoms with E-state index in [9.17, 15) is 4.79 Å². The van der Waals surface area contributed by atoms with Crippen LogP contribution in [0.2, 0.25) is 0 Å². The molecule has 0 aliphatic carbocycles. The van der Waals surface area contributed by atoms with Gasteiger partial charge in [0.05, 0.1) is 5.56 Å². The van der Waals surface area contributed by atoms with Gasteiger partial charge in [0.25, 0.3) is 0 Å². The van der Waals surface area contributed by atoms with Crippen LogP contribution in [-0.2, 0) is 4.79 Å². The van der Waals surface area contributed by atoms with Gasteiger partial charge >= 0.3 is 5.97 Å². The van der Waals surface area contributed by atoms with Crippen LogP contribution in [0.3, 0.4) is 0 Å². The van der Waals surface area contributed by atoms with Crippen LogP contribution in [0, 0.1) is 0 Å². The molecule has 4 heteroatoms. The third-order valence-electron chi connectivity index (χ3n) is 1.45. The summed E-state index contributed by atoms with van der Waals surface area (Å²) in [6.07, 6.45) is -1.63. The lowest BCUT2D eigenvalue weighted by Crippen LogP contribution is -2.06. The zero-order chi connectivity index (χ0) is 9.84. The second-order valence-electron chi connectivity index (χ2n) is 2.51. The van der Waals surface area contributed by atoms with E-state index in [4.69, 9.17) is 14.9 Å². The van der Waals surface area contributed by atoms with E-state index in [0.717, 1.165) is 0 Å². The standard InChI is InChI=1S/C9H10O4/c1-6(10)13-8-5-3-2-4-7(8)9(11)12/h2-5,9,11-12H,1H3. The minimum atomic E-state index is -1.63. The number of ether oxygens (including phenoxy) is 1. The van der Waals surface area contributed by atoms with Crippen molar-refractivity contribution in [1.82, 2.24) is 0 Å². The number of carbonyl (C=O) groups is 1. The van der Waals surface area contributed by atoms with Crippen LogP contribution in [0.1, 0.15) is 18.8 Å². The molecule has 1 aromatic rings. The highest BCUT2D eigenvalue weighted by molar-refractivity contribution is 5.69. The van der Waals surface area contributed by atoms with Crippen molar-refractivity contribution in [1.29, 1.82) is 0 Å². The summed E-state index contributed by atoms with van der Waals surface area (Å²) in [5, 5.41) is 17.8. The van der Waals surface area contributed by atoms with Gasteiger partial charge in [-0.25, -0.2) is 0 Å². The zero-order valence-electron chi connectivity index (χ0n) is 7.10. The number of aliphatic hydroxyl groups excluding tert-OH is 1. The summed E-state index contributed by atoms with van der Waals surface area (Å²) < 4.78 is 4.75. The van der Waals surface area contributed by atoms with Crippen LogP contribution in [0.5, 0.6) is 5.75 Å². The fraction of sp³-hybridized carbons (Fsp3) is 0.222. The maximum Gasteiger partial charge on any atom is 0.308 e. The monoisotopic (exact) mass is 182 g/mol. The SMILES string of the molecule is CC(=O)Oc1ccccc1C(O)O. The number of aliphatic hydroxyl groups is 2. The molecular formula is C9H10O4. The molecule has 4 nitrogen and oxygen atoms in total. The van der Waals surface area contributed by atoms with Gasteiger partial charge in [0.15, 0.2) is 6.29 Å². The smallest absolute Gasteiger partial charge is 0.308 e. The Morgan fingerprint density at radius 1 is 1.38 bits per heavy atom. The molecule has 0 atom stereocenters.